The van der Waals surface area contributed by atoms with Gasteiger partial charge < -0.3 is 5.11 Å². The maximum Gasteiger partial charge on any atom is 0.335 e. The normalized spacial score (nSPS) is 20.3. The van der Waals surface area contributed by atoms with Gasteiger partial charge in [-0.25, -0.2) is 4.79 Å². The third-order valence-corrected chi connectivity index (χ3v) is 2.63. The number of carboxylic acids is 1. The van der Waals surface area contributed by atoms with Gasteiger partial charge in [-0.1, -0.05) is 12.1 Å². The number of aromatic carboxylic acids is 1. The molecule has 1 unspecified atom stereocenters. The van der Waals surface area contributed by atoms with Crippen LogP contribution >= 0.6 is 0 Å². The lowest BCUT2D eigenvalue weighted by molar-refractivity contribution is -0.125. The van der Waals surface area contributed by atoms with Gasteiger partial charge in [0.25, 0.3) is 0 Å². The van der Waals surface area contributed by atoms with E-state index in [0.29, 0.717) is 6.42 Å². The fourth-order valence-electron chi connectivity index (χ4n) is 1.62. The fraction of sp³-hybridized carbons (Fsp3) is 0.273. The third kappa shape index (κ3) is 1.41. The number of benzene rings is 1. The summed E-state index contributed by atoms with van der Waals surface area (Å²) in [6.45, 7) is 0. The average molecular weight is 190 g/mol. The van der Waals surface area contributed by atoms with Crippen LogP contribution in [0.5, 0.6) is 0 Å². The molecule has 1 aromatic carbocycles. The molecule has 14 heavy (non-hydrogen) atoms. The van der Waals surface area contributed by atoms with Crippen LogP contribution in [0.2, 0.25) is 0 Å². The highest BCUT2D eigenvalue weighted by molar-refractivity contribution is 5.92. The van der Waals surface area contributed by atoms with Crippen LogP contribution in [0.1, 0.15) is 34.7 Å². The molecule has 0 aliphatic heterocycles. The summed E-state index contributed by atoms with van der Waals surface area (Å²) in [6.07, 6.45) is 1.55. The largest absolute Gasteiger partial charge is 0.478 e. The molecule has 1 aliphatic carbocycles. The lowest BCUT2D eigenvalue weighted by Crippen LogP contribution is -2.23. The molecule has 0 saturated heterocycles. The van der Waals surface area contributed by atoms with Crippen molar-refractivity contribution in [2.45, 2.75) is 18.8 Å². The SMILES string of the molecule is O=C(O)c1ccc(C2CCC2=O)cc1. The molecule has 1 saturated carbocycles. The molecule has 3 heteroatoms. The van der Waals surface area contributed by atoms with Gasteiger partial charge in [0.15, 0.2) is 0 Å². The fourth-order valence-corrected chi connectivity index (χ4v) is 1.62. The number of rotatable bonds is 2. The predicted octanol–water partition coefficient (Wildman–Crippen LogP) is 1.83. The summed E-state index contributed by atoms with van der Waals surface area (Å²) in [6, 6.07) is 6.54. The first-order valence-electron chi connectivity index (χ1n) is 4.54. The molecule has 0 aromatic heterocycles. The van der Waals surface area contributed by atoms with Gasteiger partial charge in [-0.05, 0) is 24.1 Å². The number of carbonyl (C=O) groups is 2. The van der Waals surface area contributed by atoms with E-state index >= 15 is 0 Å². The minimum Gasteiger partial charge on any atom is -0.478 e. The van der Waals surface area contributed by atoms with Crippen molar-refractivity contribution in [3.8, 4) is 0 Å². The predicted molar refractivity (Wildman–Crippen MR) is 50.4 cm³/mol. The highest BCUT2D eigenvalue weighted by Crippen LogP contribution is 2.32. The van der Waals surface area contributed by atoms with Crippen molar-refractivity contribution in [3.05, 3.63) is 35.4 Å². The molecule has 1 N–H and O–H groups in total. The molecule has 1 atom stereocenters. The number of hydrogen-bond acceptors (Lipinski definition) is 2. The van der Waals surface area contributed by atoms with Crippen molar-refractivity contribution >= 4 is 11.8 Å². The summed E-state index contributed by atoms with van der Waals surface area (Å²) in [5.41, 5.74) is 1.20. The van der Waals surface area contributed by atoms with Gasteiger partial charge in [0.05, 0.1) is 5.56 Å². The molecule has 3 nitrogen and oxygen atoms in total. The molecule has 72 valence electrons. The van der Waals surface area contributed by atoms with Gasteiger partial charge in [0.1, 0.15) is 5.78 Å². The third-order valence-electron chi connectivity index (χ3n) is 2.63. The zero-order valence-corrected chi connectivity index (χ0v) is 7.56. The van der Waals surface area contributed by atoms with Crippen LogP contribution in [0, 0.1) is 0 Å². The van der Waals surface area contributed by atoms with Crippen molar-refractivity contribution in [3.63, 3.8) is 0 Å². The summed E-state index contributed by atoms with van der Waals surface area (Å²) < 4.78 is 0. The van der Waals surface area contributed by atoms with E-state index in [1.807, 2.05) is 0 Å². The second kappa shape index (κ2) is 3.25. The van der Waals surface area contributed by atoms with Crippen LogP contribution in [-0.2, 0) is 4.79 Å². The van der Waals surface area contributed by atoms with Crippen LogP contribution in [0.3, 0.4) is 0 Å². The number of Topliss-reactive ketones (excluding diaryl/α,β-unsaturated/α-hetero) is 1. The first-order valence-corrected chi connectivity index (χ1v) is 4.54. The molecule has 0 bridgehead atoms. The second-order valence-corrected chi connectivity index (χ2v) is 3.48. The molecule has 0 radical (unpaired) electrons. The van der Waals surface area contributed by atoms with Crippen molar-refractivity contribution in [2.75, 3.05) is 0 Å². The summed E-state index contributed by atoms with van der Waals surface area (Å²) in [5.74, 6) is -0.664. The van der Waals surface area contributed by atoms with E-state index in [0.717, 1.165) is 12.0 Å². The Hall–Kier alpha value is -1.64. The van der Waals surface area contributed by atoms with Gasteiger partial charge in [-0.3, -0.25) is 4.79 Å². The lowest BCUT2D eigenvalue weighted by Gasteiger charge is -2.24. The van der Waals surface area contributed by atoms with E-state index < -0.39 is 5.97 Å². The first kappa shape index (κ1) is 8.94. The van der Waals surface area contributed by atoms with Crippen LogP contribution in [-0.4, -0.2) is 16.9 Å². The number of carboxylic acid groups (broad SMARTS) is 1. The molecule has 0 amide bonds. The molecule has 2 rings (SSSR count). The Kier molecular flexibility index (Phi) is 2.08. The quantitative estimate of drug-likeness (QED) is 0.774. The Morgan fingerprint density at radius 1 is 1.29 bits per heavy atom. The summed E-state index contributed by atoms with van der Waals surface area (Å²) in [5, 5.41) is 8.67. The summed E-state index contributed by atoms with van der Waals surface area (Å²) >= 11 is 0. The maximum absolute atomic E-state index is 11.1. The Morgan fingerprint density at radius 2 is 1.93 bits per heavy atom. The minimum atomic E-state index is -0.934. The van der Waals surface area contributed by atoms with Gasteiger partial charge >= 0.3 is 5.97 Å². The Balaban J connectivity index is 2.21. The Bertz CT molecular complexity index is 378. The zero-order chi connectivity index (χ0) is 10.1. The molecule has 1 aliphatic rings. The number of ketones is 1. The maximum atomic E-state index is 11.1. The average Bonchev–Trinajstić information content (AvgIpc) is 2.16. The Labute approximate surface area is 81.4 Å². The molecule has 1 fully saturated rings. The molecular formula is C11H10O3. The number of carbonyl (C=O) groups excluding carboxylic acids is 1. The first-order chi connectivity index (χ1) is 6.68. The van der Waals surface area contributed by atoms with E-state index in [1.165, 1.54) is 0 Å². The van der Waals surface area contributed by atoms with E-state index in [9.17, 15) is 9.59 Å². The number of hydrogen-bond donors (Lipinski definition) is 1. The van der Waals surface area contributed by atoms with E-state index in [2.05, 4.69) is 0 Å². The van der Waals surface area contributed by atoms with Gasteiger partial charge in [0.2, 0.25) is 0 Å². The van der Waals surface area contributed by atoms with Gasteiger partial charge in [-0.15, -0.1) is 0 Å². The van der Waals surface area contributed by atoms with Crippen molar-refractivity contribution in [2.24, 2.45) is 0 Å². The smallest absolute Gasteiger partial charge is 0.335 e. The molecule has 0 heterocycles. The Morgan fingerprint density at radius 3 is 2.29 bits per heavy atom. The van der Waals surface area contributed by atoms with Crippen LogP contribution < -0.4 is 0 Å². The highest BCUT2D eigenvalue weighted by Gasteiger charge is 2.29. The van der Waals surface area contributed by atoms with E-state index in [4.69, 9.17) is 5.11 Å². The standard InChI is InChI=1S/C11H10O3/c12-10-6-5-9(10)7-1-3-8(4-2-7)11(13)14/h1-4,9H,5-6H2,(H,13,14). The second-order valence-electron chi connectivity index (χ2n) is 3.48. The van der Waals surface area contributed by atoms with E-state index in [-0.39, 0.29) is 17.3 Å². The monoisotopic (exact) mass is 190 g/mol. The van der Waals surface area contributed by atoms with Crippen LogP contribution in [0.15, 0.2) is 24.3 Å². The van der Waals surface area contributed by atoms with Gasteiger partial charge in [-0.2, -0.15) is 0 Å². The van der Waals surface area contributed by atoms with Gasteiger partial charge in [0, 0.05) is 12.3 Å². The molecule has 0 spiro atoms. The summed E-state index contributed by atoms with van der Waals surface area (Å²) in [4.78, 5) is 21.7. The summed E-state index contributed by atoms with van der Waals surface area (Å²) in [7, 11) is 0. The zero-order valence-electron chi connectivity index (χ0n) is 7.56. The molecule has 1 aromatic rings. The van der Waals surface area contributed by atoms with Crippen molar-refractivity contribution in [1.82, 2.24) is 0 Å². The topological polar surface area (TPSA) is 54.4 Å². The molecular weight excluding hydrogens is 180 g/mol. The lowest BCUT2D eigenvalue weighted by atomic mass is 9.78. The van der Waals surface area contributed by atoms with Crippen molar-refractivity contribution in [1.29, 1.82) is 0 Å². The minimum absolute atomic E-state index is 0.0119. The van der Waals surface area contributed by atoms with Crippen LogP contribution in [0.4, 0.5) is 0 Å². The highest BCUT2D eigenvalue weighted by atomic mass is 16.4. The van der Waals surface area contributed by atoms with Crippen molar-refractivity contribution < 1.29 is 14.7 Å². The van der Waals surface area contributed by atoms with E-state index in [1.54, 1.807) is 24.3 Å². The van der Waals surface area contributed by atoms with Crippen LogP contribution in [0.25, 0.3) is 0 Å².